The fourth-order valence-electron chi connectivity index (χ4n) is 3.64. The zero-order valence-electron chi connectivity index (χ0n) is 19.0. The Hall–Kier alpha value is -2.83. The van der Waals surface area contributed by atoms with Gasteiger partial charge in [-0.15, -0.1) is 10.2 Å². The molecule has 1 aliphatic heterocycles. The Bertz CT molecular complexity index is 1230. The third kappa shape index (κ3) is 5.29. The van der Waals surface area contributed by atoms with E-state index in [1.54, 1.807) is 36.6 Å². The maximum Gasteiger partial charge on any atom is 0.238 e. The minimum absolute atomic E-state index is 0.0811. The van der Waals surface area contributed by atoms with E-state index < -0.39 is 21.2 Å². The number of anilines is 1. The van der Waals surface area contributed by atoms with E-state index in [-0.39, 0.29) is 12.1 Å². The van der Waals surface area contributed by atoms with Crippen LogP contribution < -0.4 is 9.46 Å². The number of hydrogen-bond donors (Lipinski definition) is 1. The Labute approximate surface area is 203 Å². The van der Waals surface area contributed by atoms with Crippen molar-refractivity contribution in [2.45, 2.75) is 50.5 Å². The topological polar surface area (TPSA) is 134 Å². The first-order chi connectivity index (χ1) is 16.3. The minimum Gasteiger partial charge on any atom is -0.481 e. The molecule has 11 nitrogen and oxygen atoms in total. The lowest BCUT2D eigenvalue weighted by molar-refractivity contribution is 0.0977. The Morgan fingerprint density at radius 2 is 2.03 bits per heavy atom. The molecule has 3 aromatic heterocycles. The van der Waals surface area contributed by atoms with Crippen LogP contribution in [-0.4, -0.2) is 63.2 Å². The lowest BCUT2D eigenvalue weighted by Crippen LogP contribution is -2.32. The molecular weight excluding hydrogens is 482 g/mol. The number of aromatic nitrogens is 6. The van der Waals surface area contributed by atoms with Crippen molar-refractivity contribution in [3.63, 3.8) is 0 Å². The number of hydrogen-bond acceptors (Lipinski definition) is 9. The van der Waals surface area contributed by atoms with E-state index in [0.717, 1.165) is 12.8 Å². The SMILES string of the molecule is COc1cccc(-c2nnc(NS(=O)(=O)[C@@H](C)[C@H](C)c3ncc(Cl)cn3)n2C[C@H]2CCCO2)n1. The second kappa shape index (κ2) is 10.2. The molecule has 1 aliphatic rings. The molecule has 0 bridgehead atoms. The average molecular weight is 508 g/mol. The van der Waals surface area contributed by atoms with Crippen molar-refractivity contribution in [2.24, 2.45) is 0 Å². The zero-order valence-corrected chi connectivity index (χ0v) is 20.6. The highest BCUT2D eigenvalue weighted by atomic mass is 35.5. The Kier molecular flexibility index (Phi) is 7.29. The van der Waals surface area contributed by atoms with Gasteiger partial charge >= 0.3 is 0 Å². The van der Waals surface area contributed by atoms with Crippen molar-refractivity contribution in [3.05, 3.63) is 41.4 Å². The highest BCUT2D eigenvalue weighted by molar-refractivity contribution is 7.93. The molecule has 0 amide bonds. The molecule has 0 radical (unpaired) electrons. The summed E-state index contributed by atoms with van der Waals surface area (Å²) in [7, 11) is -2.36. The lowest BCUT2D eigenvalue weighted by Gasteiger charge is -2.21. The first-order valence-electron chi connectivity index (χ1n) is 10.8. The summed E-state index contributed by atoms with van der Waals surface area (Å²) >= 11 is 5.86. The third-order valence-corrected chi connectivity index (χ3v) is 7.85. The maximum atomic E-state index is 13.3. The molecule has 0 saturated carbocycles. The first kappa shape index (κ1) is 24.3. The quantitative estimate of drug-likeness (QED) is 0.463. The first-order valence-corrected chi connectivity index (χ1v) is 12.8. The Morgan fingerprint density at radius 1 is 1.26 bits per heavy atom. The highest BCUT2D eigenvalue weighted by Gasteiger charge is 2.32. The number of halogens is 1. The predicted molar refractivity (Wildman–Crippen MR) is 126 cm³/mol. The third-order valence-electron chi connectivity index (χ3n) is 5.80. The van der Waals surface area contributed by atoms with Crippen LogP contribution in [0, 0.1) is 0 Å². The predicted octanol–water partition coefficient (Wildman–Crippen LogP) is 2.91. The van der Waals surface area contributed by atoms with Gasteiger partial charge in [-0.2, -0.15) is 0 Å². The molecule has 182 valence electrons. The average Bonchev–Trinajstić information content (AvgIpc) is 3.49. The summed E-state index contributed by atoms with van der Waals surface area (Å²) in [5.41, 5.74) is 0.506. The molecule has 13 heteroatoms. The molecule has 3 aromatic rings. The smallest absolute Gasteiger partial charge is 0.238 e. The molecule has 0 aromatic carbocycles. The van der Waals surface area contributed by atoms with Crippen LogP contribution in [0.2, 0.25) is 5.02 Å². The van der Waals surface area contributed by atoms with Crippen molar-refractivity contribution in [1.82, 2.24) is 29.7 Å². The number of nitrogens with one attached hydrogen (secondary N) is 1. The fourth-order valence-corrected chi connectivity index (χ4v) is 4.99. The van der Waals surface area contributed by atoms with Crippen LogP contribution in [-0.2, 0) is 21.3 Å². The molecule has 1 fully saturated rings. The summed E-state index contributed by atoms with van der Waals surface area (Å²) in [6.07, 6.45) is 4.60. The molecule has 0 spiro atoms. The van der Waals surface area contributed by atoms with Crippen LogP contribution in [0.3, 0.4) is 0 Å². The standard InChI is InChI=1S/C21H26ClN7O4S/c1-13(19-23-10-15(22)11-24-19)14(2)34(30,31)28-21-27-26-20(17-7-4-8-18(25-17)32-3)29(21)12-16-6-5-9-33-16/h4,7-8,10-11,13-14,16H,5-6,9,12H2,1-3H3,(H,27,28)/t13-,14-,16+/m0/s1. The van der Waals surface area contributed by atoms with Crippen LogP contribution in [0.4, 0.5) is 5.95 Å². The number of pyridine rings is 1. The fraction of sp³-hybridized carbons (Fsp3) is 0.476. The van der Waals surface area contributed by atoms with Gasteiger partial charge in [0.1, 0.15) is 11.5 Å². The monoisotopic (exact) mass is 507 g/mol. The number of sulfonamides is 1. The molecule has 34 heavy (non-hydrogen) atoms. The van der Waals surface area contributed by atoms with Gasteiger partial charge in [-0.05, 0) is 25.8 Å². The molecule has 4 rings (SSSR count). The van der Waals surface area contributed by atoms with Gasteiger partial charge in [0.2, 0.25) is 21.9 Å². The number of nitrogens with zero attached hydrogens (tertiary/aromatic N) is 6. The van der Waals surface area contributed by atoms with E-state index in [9.17, 15) is 8.42 Å². The molecule has 1 N–H and O–H groups in total. The number of rotatable bonds is 9. The van der Waals surface area contributed by atoms with Crippen LogP contribution in [0.1, 0.15) is 38.4 Å². The van der Waals surface area contributed by atoms with Crippen molar-refractivity contribution < 1.29 is 17.9 Å². The van der Waals surface area contributed by atoms with Crippen LogP contribution in [0.15, 0.2) is 30.6 Å². The van der Waals surface area contributed by atoms with E-state index in [2.05, 4.69) is 29.9 Å². The van der Waals surface area contributed by atoms with E-state index >= 15 is 0 Å². The molecule has 0 unspecified atom stereocenters. The number of methoxy groups -OCH3 is 1. The molecule has 1 saturated heterocycles. The van der Waals surface area contributed by atoms with Crippen molar-refractivity contribution in [2.75, 3.05) is 18.4 Å². The Balaban J connectivity index is 1.64. The molecule has 3 atom stereocenters. The lowest BCUT2D eigenvalue weighted by atomic mass is 10.1. The zero-order chi connectivity index (χ0) is 24.3. The van der Waals surface area contributed by atoms with E-state index in [0.29, 0.717) is 41.4 Å². The second-order valence-corrected chi connectivity index (χ2v) is 10.5. The van der Waals surface area contributed by atoms with Gasteiger partial charge < -0.3 is 9.47 Å². The Morgan fingerprint density at radius 3 is 2.71 bits per heavy atom. The summed E-state index contributed by atoms with van der Waals surface area (Å²) in [6, 6.07) is 5.27. The van der Waals surface area contributed by atoms with Gasteiger partial charge in [0.05, 0.1) is 30.0 Å². The van der Waals surface area contributed by atoms with Crippen LogP contribution >= 0.6 is 11.6 Å². The molecule has 4 heterocycles. The van der Waals surface area contributed by atoms with Crippen LogP contribution in [0.5, 0.6) is 5.88 Å². The van der Waals surface area contributed by atoms with Gasteiger partial charge in [0, 0.05) is 31.0 Å². The summed E-state index contributed by atoms with van der Waals surface area (Å²) in [4.78, 5) is 12.7. The second-order valence-electron chi connectivity index (χ2n) is 8.06. The van der Waals surface area contributed by atoms with Crippen molar-refractivity contribution in [3.8, 4) is 17.4 Å². The summed E-state index contributed by atoms with van der Waals surface area (Å²) < 4.78 is 41.8. The van der Waals surface area contributed by atoms with Gasteiger partial charge in [-0.1, -0.05) is 24.6 Å². The number of ether oxygens (including phenoxy) is 2. The minimum atomic E-state index is -3.88. The van der Waals surface area contributed by atoms with E-state index in [4.69, 9.17) is 21.1 Å². The van der Waals surface area contributed by atoms with E-state index in [1.165, 1.54) is 19.5 Å². The van der Waals surface area contributed by atoms with Crippen LogP contribution in [0.25, 0.3) is 11.5 Å². The van der Waals surface area contributed by atoms with Crippen molar-refractivity contribution >= 4 is 27.6 Å². The summed E-state index contributed by atoms with van der Waals surface area (Å²) in [5, 5.41) is 7.89. The normalized spacial score (nSPS) is 17.9. The highest BCUT2D eigenvalue weighted by Crippen LogP contribution is 2.27. The van der Waals surface area contributed by atoms with Gasteiger partial charge in [0.15, 0.2) is 5.82 Å². The van der Waals surface area contributed by atoms with Crippen molar-refractivity contribution in [1.29, 1.82) is 0 Å². The summed E-state index contributed by atoms with van der Waals surface area (Å²) in [6.45, 7) is 4.38. The molecular formula is C21H26ClN7O4S. The van der Waals surface area contributed by atoms with Gasteiger partial charge in [-0.3, -0.25) is 9.29 Å². The maximum absolute atomic E-state index is 13.3. The summed E-state index contributed by atoms with van der Waals surface area (Å²) in [5.74, 6) is 0.796. The van der Waals surface area contributed by atoms with E-state index in [1.807, 2.05) is 0 Å². The van der Waals surface area contributed by atoms with Gasteiger partial charge in [0.25, 0.3) is 0 Å². The molecule has 0 aliphatic carbocycles. The van der Waals surface area contributed by atoms with Gasteiger partial charge in [-0.25, -0.2) is 23.4 Å². The largest absolute Gasteiger partial charge is 0.481 e.